The third-order valence-corrected chi connectivity index (χ3v) is 9.89. The van der Waals surface area contributed by atoms with Crippen molar-refractivity contribution in [2.75, 3.05) is 6.61 Å². The van der Waals surface area contributed by atoms with Crippen molar-refractivity contribution in [3.05, 3.63) is 104 Å². The number of hydrogen-bond donors (Lipinski definition) is 3. The predicted octanol–water partition coefficient (Wildman–Crippen LogP) is 8.14. The normalized spacial score (nSPS) is 12.8. The van der Waals surface area contributed by atoms with Crippen LogP contribution in [0.15, 0.2) is 72.8 Å². The van der Waals surface area contributed by atoms with E-state index in [1.54, 1.807) is 12.1 Å². The Balaban J connectivity index is 1.26. The number of halogens is 4. The molecule has 0 fully saturated rings. The van der Waals surface area contributed by atoms with E-state index in [9.17, 15) is 19.8 Å². The molecule has 1 atom stereocenters. The van der Waals surface area contributed by atoms with Gasteiger partial charge in [0.1, 0.15) is 24.1 Å². The van der Waals surface area contributed by atoms with Crippen molar-refractivity contribution >= 4 is 102 Å². The molecule has 0 aromatic heterocycles. The molecule has 4 aromatic carbocycles. The van der Waals surface area contributed by atoms with Gasteiger partial charge < -0.3 is 25.0 Å². The zero-order valence-corrected chi connectivity index (χ0v) is 29.7. The van der Waals surface area contributed by atoms with E-state index in [2.05, 4.69) is 62.6 Å². The molecule has 210 valence electrons. The van der Waals surface area contributed by atoms with Crippen LogP contribution in [0.4, 0.5) is 4.79 Å². The van der Waals surface area contributed by atoms with Crippen molar-refractivity contribution in [2.24, 2.45) is 0 Å². The molecule has 1 aliphatic rings. The van der Waals surface area contributed by atoms with Crippen molar-refractivity contribution < 1.29 is 29.3 Å². The van der Waals surface area contributed by atoms with E-state index >= 15 is 0 Å². The molecule has 1 amide bonds. The van der Waals surface area contributed by atoms with Gasteiger partial charge in [0, 0.05) is 12.3 Å². The number of fused-ring (bicyclic) bond motifs is 3. The molecular formula is C30H21I4NO6. The number of aliphatic carboxylic acids is 1. The molecule has 0 heterocycles. The number of phenols is 1. The highest BCUT2D eigenvalue weighted by Gasteiger charge is 2.30. The Bertz CT molecular complexity index is 1570. The fraction of sp³-hybridized carbons (Fsp3) is 0.133. The summed E-state index contributed by atoms with van der Waals surface area (Å²) < 4.78 is 14.6. The molecule has 0 spiro atoms. The second-order valence-corrected chi connectivity index (χ2v) is 13.9. The number of alkyl carbamates (subject to hydrolysis) is 1. The zero-order chi connectivity index (χ0) is 29.3. The molecule has 41 heavy (non-hydrogen) atoms. The number of aromatic hydroxyl groups is 1. The first-order chi connectivity index (χ1) is 19.6. The maximum atomic E-state index is 12.8. The SMILES string of the molecule is O=C(N[C@@H](Cc1cc(I)c(Oc2cc(I)c(O)c(I)c2)c(I)c1)C(=O)O)OCC1c2ccccc2-c2ccccc21. The van der Waals surface area contributed by atoms with Crippen LogP contribution in [-0.4, -0.2) is 34.9 Å². The van der Waals surface area contributed by atoms with Gasteiger partial charge in [-0.2, -0.15) is 0 Å². The third-order valence-electron chi connectivity index (χ3n) is 6.64. The topological polar surface area (TPSA) is 105 Å². The number of carbonyl (C=O) groups excluding carboxylic acids is 1. The Labute approximate surface area is 291 Å². The minimum absolute atomic E-state index is 0.0703. The van der Waals surface area contributed by atoms with Crippen LogP contribution in [0.2, 0.25) is 0 Å². The van der Waals surface area contributed by atoms with E-state index in [1.165, 1.54) is 0 Å². The maximum absolute atomic E-state index is 12.8. The Morgan fingerprint density at radius 1 is 0.829 bits per heavy atom. The van der Waals surface area contributed by atoms with E-state index in [-0.39, 0.29) is 24.7 Å². The van der Waals surface area contributed by atoms with E-state index in [0.29, 0.717) is 18.6 Å². The summed E-state index contributed by atoms with van der Waals surface area (Å²) in [5.74, 6) is 0.149. The number of amides is 1. The fourth-order valence-corrected chi connectivity index (χ4v) is 8.59. The average molecular weight is 999 g/mol. The lowest BCUT2D eigenvalue weighted by molar-refractivity contribution is -0.139. The Kier molecular flexibility index (Phi) is 9.85. The molecule has 0 aliphatic heterocycles. The summed E-state index contributed by atoms with van der Waals surface area (Å²) in [6, 6.07) is 22.1. The summed E-state index contributed by atoms with van der Waals surface area (Å²) in [4.78, 5) is 24.8. The van der Waals surface area contributed by atoms with Gasteiger partial charge in [0.15, 0.2) is 5.75 Å². The highest BCUT2D eigenvalue weighted by Crippen LogP contribution is 2.44. The fourth-order valence-electron chi connectivity index (χ4n) is 4.76. The predicted molar refractivity (Wildman–Crippen MR) is 189 cm³/mol. The lowest BCUT2D eigenvalue weighted by Gasteiger charge is -2.18. The van der Waals surface area contributed by atoms with Crippen LogP contribution < -0.4 is 10.1 Å². The first kappa shape index (κ1) is 30.6. The van der Waals surface area contributed by atoms with Crippen LogP contribution in [-0.2, 0) is 16.0 Å². The lowest BCUT2D eigenvalue weighted by atomic mass is 9.98. The van der Waals surface area contributed by atoms with E-state index in [1.807, 2.05) is 93.7 Å². The summed E-state index contributed by atoms with van der Waals surface area (Å²) in [5, 5.41) is 22.4. The molecule has 0 saturated heterocycles. The summed E-state index contributed by atoms with van der Waals surface area (Å²) in [6.45, 7) is 0.100. The summed E-state index contributed by atoms with van der Waals surface area (Å²) in [7, 11) is 0. The number of nitrogens with one attached hydrogen (secondary N) is 1. The van der Waals surface area contributed by atoms with Gasteiger partial charge in [0.05, 0.1) is 14.3 Å². The molecule has 3 N–H and O–H groups in total. The molecule has 11 heteroatoms. The number of phenolic OH excluding ortho intramolecular Hbond substituents is 1. The number of rotatable bonds is 8. The summed E-state index contributed by atoms with van der Waals surface area (Å²) in [5.41, 5.74) is 5.13. The molecule has 0 radical (unpaired) electrons. The quantitative estimate of drug-likeness (QED) is 0.154. The molecule has 0 unspecified atom stereocenters. The first-order valence-corrected chi connectivity index (χ1v) is 16.6. The molecule has 5 rings (SSSR count). The van der Waals surface area contributed by atoms with Crippen molar-refractivity contribution in [2.45, 2.75) is 18.4 Å². The van der Waals surface area contributed by atoms with Crippen molar-refractivity contribution in [3.63, 3.8) is 0 Å². The van der Waals surface area contributed by atoms with Crippen molar-refractivity contribution in [3.8, 4) is 28.4 Å². The number of hydrogen-bond acceptors (Lipinski definition) is 5. The minimum Gasteiger partial charge on any atom is -0.506 e. The maximum Gasteiger partial charge on any atom is 0.407 e. The van der Waals surface area contributed by atoms with Gasteiger partial charge in [-0.3, -0.25) is 0 Å². The molecule has 4 aromatic rings. The van der Waals surface area contributed by atoms with Crippen molar-refractivity contribution in [1.82, 2.24) is 5.32 Å². The van der Waals surface area contributed by atoms with Crippen LogP contribution in [0, 0.1) is 14.3 Å². The second kappa shape index (κ2) is 13.2. The highest BCUT2D eigenvalue weighted by molar-refractivity contribution is 14.1. The van der Waals surface area contributed by atoms with E-state index in [4.69, 9.17) is 9.47 Å². The van der Waals surface area contributed by atoms with Gasteiger partial charge in [-0.25, -0.2) is 9.59 Å². The zero-order valence-electron chi connectivity index (χ0n) is 21.0. The number of carboxylic acid groups (broad SMARTS) is 1. The smallest absolute Gasteiger partial charge is 0.407 e. The molecule has 1 aliphatic carbocycles. The van der Waals surface area contributed by atoms with E-state index in [0.717, 1.165) is 35.0 Å². The molecular weight excluding hydrogens is 978 g/mol. The number of carbonyl (C=O) groups is 2. The van der Waals surface area contributed by atoms with Crippen LogP contribution in [0.5, 0.6) is 17.2 Å². The molecule has 7 nitrogen and oxygen atoms in total. The van der Waals surface area contributed by atoms with Gasteiger partial charge in [-0.05, 0) is 142 Å². The summed E-state index contributed by atoms with van der Waals surface area (Å²) >= 11 is 8.39. The average Bonchev–Trinajstić information content (AvgIpc) is 3.25. The van der Waals surface area contributed by atoms with Crippen LogP contribution in [0.1, 0.15) is 22.6 Å². The van der Waals surface area contributed by atoms with Crippen molar-refractivity contribution in [1.29, 1.82) is 0 Å². The summed E-state index contributed by atoms with van der Waals surface area (Å²) in [6.07, 6.45) is -0.707. The first-order valence-electron chi connectivity index (χ1n) is 12.3. The largest absolute Gasteiger partial charge is 0.506 e. The number of benzene rings is 4. The Morgan fingerprint density at radius 3 is 1.90 bits per heavy atom. The monoisotopic (exact) mass is 999 g/mol. The third kappa shape index (κ3) is 6.87. The second-order valence-electron chi connectivity index (χ2n) is 9.29. The standard InChI is InChI=1S/C30H21I4NO6/c31-22-12-16(13-23(32)27(22)36)41-28-24(33)9-15(10-25(28)34)11-26(29(37)38)35-30(39)40-14-21-19-7-3-1-5-17(19)18-6-2-4-8-20(18)21/h1-10,12-13,21,26,36H,11,14H2,(H,35,39)(H,37,38)/t26-/m0/s1. The van der Waals surface area contributed by atoms with Gasteiger partial charge in [-0.1, -0.05) is 48.5 Å². The number of carboxylic acids is 1. The molecule has 0 saturated carbocycles. The Hall–Kier alpha value is -1.86. The highest BCUT2D eigenvalue weighted by atomic mass is 127. The van der Waals surface area contributed by atoms with Gasteiger partial charge in [0.2, 0.25) is 0 Å². The minimum atomic E-state index is -1.18. The molecule has 0 bridgehead atoms. The van der Waals surface area contributed by atoms with Crippen LogP contribution >= 0.6 is 90.4 Å². The van der Waals surface area contributed by atoms with Crippen LogP contribution in [0.3, 0.4) is 0 Å². The van der Waals surface area contributed by atoms with Crippen LogP contribution in [0.25, 0.3) is 11.1 Å². The van der Waals surface area contributed by atoms with Gasteiger partial charge in [0.25, 0.3) is 0 Å². The van der Waals surface area contributed by atoms with E-state index < -0.39 is 18.1 Å². The number of ether oxygens (including phenoxy) is 2. The van der Waals surface area contributed by atoms with Gasteiger partial charge in [-0.15, -0.1) is 0 Å². The Morgan fingerprint density at radius 2 is 1.37 bits per heavy atom. The van der Waals surface area contributed by atoms with Gasteiger partial charge >= 0.3 is 12.1 Å². The lowest BCUT2D eigenvalue weighted by Crippen LogP contribution is -2.43.